The van der Waals surface area contributed by atoms with Gasteiger partial charge in [0.1, 0.15) is 121 Å². The zero-order chi connectivity index (χ0) is 108. The number of hydrogen-bond acceptors (Lipinski definition) is 24. The molecule has 8 amide bonds. The van der Waals surface area contributed by atoms with Gasteiger partial charge in [0.2, 0.25) is 47.3 Å². The summed E-state index contributed by atoms with van der Waals surface area (Å²) in [6.07, 6.45) is -2.14. The summed E-state index contributed by atoms with van der Waals surface area (Å²) in [4.78, 5) is 183. The van der Waals surface area contributed by atoms with Crippen molar-refractivity contribution in [1.29, 1.82) is 0 Å². The summed E-state index contributed by atoms with van der Waals surface area (Å²) in [6.45, 7) is 28.7. The molecule has 800 valence electrons. The van der Waals surface area contributed by atoms with E-state index >= 15 is 38.4 Å². The van der Waals surface area contributed by atoms with E-state index in [1.807, 2.05) is 128 Å². The highest BCUT2D eigenvalue weighted by atomic mass is 16.6. The maximum absolute atomic E-state index is 16.3. The van der Waals surface area contributed by atoms with Crippen molar-refractivity contribution >= 4 is 71.1 Å². The average molecular weight is 2040 g/mol. The fourth-order valence-corrected chi connectivity index (χ4v) is 18.4. The summed E-state index contributed by atoms with van der Waals surface area (Å²) < 4.78 is 75.5. The Kier molecular flexibility index (Phi) is 44.9. The van der Waals surface area contributed by atoms with E-state index < -0.39 is 192 Å². The normalized spacial score (nSPS) is 15.4. The van der Waals surface area contributed by atoms with Gasteiger partial charge in [-0.15, -0.1) is 0 Å². The van der Waals surface area contributed by atoms with Crippen LogP contribution in [-0.4, -0.2) is 176 Å². The minimum Gasteiger partial charge on any atom is -0.496 e. The molecule has 8 aromatic rings. The molecule has 148 heavy (non-hydrogen) atoms. The molecule has 0 radical (unpaired) electrons. The van der Waals surface area contributed by atoms with E-state index in [0.29, 0.717) is 22.3 Å². The Balaban J connectivity index is 1.36. The molecule has 1 aliphatic rings. The van der Waals surface area contributed by atoms with Crippen LogP contribution in [-0.2, 0) is 103 Å². The van der Waals surface area contributed by atoms with Crippen molar-refractivity contribution in [3.63, 3.8) is 0 Å². The van der Waals surface area contributed by atoms with E-state index in [9.17, 15) is 19.2 Å². The first-order valence-corrected chi connectivity index (χ1v) is 50.8. The molecule has 0 aromatic heterocycles. The van der Waals surface area contributed by atoms with Crippen LogP contribution in [0.5, 0.6) is 46.0 Å². The SMILES string of the molecule is COc1cc(OC)c2cc1C(CC(=O)N[C@@H](CC(C)C)C(=O)N[C@H](C(=O)OCc1ccccc1)C(C)C)c1cc(c(OC)cc1OC)C(CC(=O)N[C@@H](CC(C)C)C(=O)N[C@H](C(=O)OCc1ccccc1)C(C)C)c1cc(c(OC)cc1OC)C(CC(=O)N[C@@H](CC(C)C)C(=O)N[C@H](C(=O)OCc1ccccc1)C(C)C)c1cc(c(OC)cc1OC)C2CC(=O)N[C@@H](CC(C)C)C(=O)N[C@H](C(=O)OCc1ccccc1)C(C)C. The van der Waals surface area contributed by atoms with Gasteiger partial charge in [-0.2, -0.15) is 0 Å². The minimum atomic E-state index is -1.34. The number of esters is 4. The van der Waals surface area contributed by atoms with E-state index in [-0.39, 0.29) is 166 Å². The Bertz CT molecular complexity index is 4990. The Morgan fingerprint density at radius 1 is 0.223 bits per heavy atom. The third-order valence-electron chi connectivity index (χ3n) is 26.1. The van der Waals surface area contributed by atoms with Crippen molar-refractivity contribution in [2.24, 2.45) is 47.3 Å². The van der Waals surface area contributed by atoms with Gasteiger partial charge < -0.3 is 99.4 Å². The van der Waals surface area contributed by atoms with Crippen LogP contribution in [0.2, 0.25) is 0 Å². The van der Waals surface area contributed by atoms with Crippen molar-refractivity contribution in [3.05, 3.63) is 237 Å². The lowest BCUT2D eigenvalue weighted by atomic mass is 9.77. The van der Waals surface area contributed by atoms with Gasteiger partial charge in [0.05, 0.1) is 56.9 Å². The van der Waals surface area contributed by atoms with Crippen LogP contribution in [0.3, 0.4) is 0 Å². The maximum atomic E-state index is 16.3. The van der Waals surface area contributed by atoms with Gasteiger partial charge in [-0.25, -0.2) is 19.2 Å². The molecule has 0 aliphatic heterocycles. The zero-order valence-corrected chi connectivity index (χ0v) is 90.0. The van der Waals surface area contributed by atoms with Gasteiger partial charge in [-0.1, -0.05) is 232 Å². The monoisotopic (exact) mass is 2040 g/mol. The highest BCUT2D eigenvalue weighted by molar-refractivity contribution is 5.95. The minimum absolute atomic E-state index is 0.0529. The van der Waals surface area contributed by atoms with Crippen molar-refractivity contribution in [3.8, 4) is 46.0 Å². The Hall–Kier alpha value is -14.2. The molecule has 8 bridgehead atoms. The van der Waals surface area contributed by atoms with Gasteiger partial charge in [0.15, 0.2) is 0 Å². The topological polar surface area (TPSA) is 412 Å². The molecule has 0 heterocycles. The molecular formula is C116H152N8O24. The molecule has 0 spiro atoms. The fourth-order valence-electron chi connectivity index (χ4n) is 18.4. The van der Waals surface area contributed by atoms with E-state index in [1.54, 1.807) is 152 Å². The van der Waals surface area contributed by atoms with E-state index in [4.69, 9.17) is 56.8 Å². The second-order valence-corrected chi connectivity index (χ2v) is 40.7. The lowest BCUT2D eigenvalue weighted by Gasteiger charge is -2.32. The molecule has 0 fully saturated rings. The van der Waals surface area contributed by atoms with Crippen molar-refractivity contribution in [2.75, 3.05) is 56.9 Å². The highest BCUT2D eigenvalue weighted by Crippen LogP contribution is 2.54. The van der Waals surface area contributed by atoms with Gasteiger partial charge >= 0.3 is 23.9 Å². The number of hydrogen-bond donors (Lipinski definition) is 8. The van der Waals surface area contributed by atoms with Crippen LogP contribution in [0.25, 0.3) is 0 Å². The van der Waals surface area contributed by atoms with Crippen LogP contribution in [0, 0.1) is 47.3 Å². The first kappa shape index (κ1) is 117. The molecule has 0 unspecified atom stereocenters. The predicted octanol–water partition coefficient (Wildman–Crippen LogP) is 15.8. The Labute approximate surface area is 870 Å². The molecule has 32 nitrogen and oxygen atoms in total. The standard InChI is InChI=1S/C116H152N8O24/c1-65(2)45-89(109(129)121-105(69(9)10)113(133)145-61-73-37-29-25-30-38-73)117-101(125)53-77-81-49-83(95(139-19)57-93(81)137-17)78(54-102(126)118-90(46-66(3)4)110(130)122-106(70(11)12)114(134)146-62-74-39-31-26-32-40-74)85-51-87(99(143-23)59-97(85)141-21)80(56-104(128)120-92(48-68(7)8)112(132)124-108(72(15)16)116(136)148-64-76-43-35-28-36-44-76)88-52-86(98(142-22)60-100(88)144-24)79(84-50-82(77)94(138-18)58-96(84)140-20)55-103(127)119-91(47-67(5)6)111(131)123-107(71(13)14)115(135)147-63-75-41-33-27-34-42-75/h25-44,49-52,57-60,65-72,77-80,89-92,105-108H,45-48,53-56,61-64H2,1-24H3,(H,117,125)(H,118,126)(H,119,127)(H,120,128)(H,121,129)(H,122,130)(H,123,131)(H,124,132)/t77?,78?,79?,80?,89-,90-,91-,92-,105-,106-,107-,108-/m0/s1. The number of fused-ring (bicyclic) bond motifs is 8. The molecule has 8 atom stereocenters. The first-order chi connectivity index (χ1) is 70.5. The first-order valence-electron chi connectivity index (χ1n) is 50.8. The van der Waals surface area contributed by atoms with Crippen LogP contribution in [0.15, 0.2) is 170 Å². The summed E-state index contributed by atoms with van der Waals surface area (Å²) in [5.74, 6) is -16.4. The maximum Gasteiger partial charge on any atom is 0.329 e. The van der Waals surface area contributed by atoms with Crippen LogP contribution >= 0.6 is 0 Å². The predicted molar refractivity (Wildman–Crippen MR) is 562 cm³/mol. The van der Waals surface area contributed by atoms with E-state index in [2.05, 4.69) is 42.5 Å². The van der Waals surface area contributed by atoms with Crippen LogP contribution in [0.4, 0.5) is 0 Å². The van der Waals surface area contributed by atoms with Gasteiger partial charge in [0.25, 0.3) is 0 Å². The van der Waals surface area contributed by atoms with Crippen LogP contribution < -0.4 is 80.4 Å². The molecule has 0 saturated heterocycles. The summed E-state index contributed by atoms with van der Waals surface area (Å²) in [5.41, 5.74) is 4.50. The summed E-state index contributed by atoms with van der Waals surface area (Å²) >= 11 is 0. The molecule has 9 rings (SSSR count). The van der Waals surface area contributed by atoms with Crippen LogP contribution in [0.1, 0.15) is 253 Å². The fraction of sp³-hybridized carbons (Fsp3) is 0.483. The number of methoxy groups -OCH3 is 8. The highest BCUT2D eigenvalue weighted by Gasteiger charge is 2.43. The number of carbonyl (C=O) groups is 12. The largest absolute Gasteiger partial charge is 0.496 e. The number of rotatable bonds is 52. The number of benzene rings is 8. The molecule has 1 aliphatic carbocycles. The smallest absolute Gasteiger partial charge is 0.329 e. The molecule has 0 saturated carbocycles. The average Bonchev–Trinajstić information content (AvgIpc) is 0.742. The zero-order valence-electron chi connectivity index (χ0n) is 90.0. The van der Waals surface area contributed by atoms with E-state index in [1.165, 1.54) is 56.9 Å². The number of amides is 8. The molecule has 8 N–H and O–H groups in total. The van der Waals surface area contributed by atoms with E-state index in [0.717, 1.165) is 0 Å². The summed E-state index contributed by atoms with van der Waals surface area (Å²) in [7, 11) is 11.2. The third-order valence-corrected chi connectivity index (χ3v) is 26.1. The van der Waals surface area contributed by atoms with Gasteiger partial charge in [0, 0.05) is 118 Å². The lowest BCUT2D eigenvalue weighted by molar-refractivity contribution is -0.151. The number of ether oxygens (including phenoxy) is 12. The summed E-state index contributed by atoms with van der Waals surface area (Å²) in [6, 6.07) is 39.3. The quantitative estimate of drug-likeness (QED) is 0.0130. The number of nitrogens with one attached hydrogen (secondary N) is 8. The van der Waals surface area contributed by atoms with Crippen molar-refractivity contribution in [2.45, 2.75) is 261 Å². The number of carbonyl (C=O) groups excluding carboxylic acids is 12. The third kappa shape index (κ3) is 32.9. The summed E-state index contributed by atoms with van der Waals surface area (Å²) in [5, 5.41) is 23.9. The van der Waals surface area contributed by atoms with Crippen molar-refractivity contribution < 1.29 is 114 Å². The Morgan fingerprint density at radius 3 is 0.514 bits per heavy atom. The molecule has 32 heteroatoms. The Morgan fingerprint density at radius 2 is 0.378 bits per heavy atom. The lowest BCUT2D eigenvalue weighted by Crippen LogP contribution is -2.54. The van der Waals surface area contributed by atoms with Crippen molar-refractivity contribution in [1.82, 2.24) is 42.5 Å². The van der Waals surface area contributed by atoms with Gasteiger partial charge in [-0.3, -0.25) is 38.4 Å². The second-order valence-electron chi connectivity index (χ2n) is 40.7. The second kappa shape index (κ2) is 56.6. The molecular weight excluding hydrogens is 1890 g/mol. The molecule has 8 aromatic carbocycles. The van der Waals surface area contributed by atoms with Gasteiger partial charge in [-0.05, 0) is 120 Å².